The maximum atomic E-state index is 2.39. The quantitative estimate of drug-likeness (QED) is 0.191. The Morgan fingerprint density at radius 2 is 0.727 bits per heavy atom. The topological polar surface area (TPSA) is 0 Å². The van der Waals surface area contributed by atoms with E-state index in [-0.39, 0.29) is 0 Å². The van der Waals surface area contributed by atoms with E-state index < -0.39 is 0 Å². The van der Waals surface area contributed by atoms with Crippen LogP contribution in [-0.4, -0.2) is 0 Å². The Morgan fingerprint density at radius 3 is 1.39 bits per heavy atom. The first-order valence-corrected chi connectivity index (χ1v) is 15.4. The second-order valence-electron chi connectivity index (χ2n) is 12.1. The fourth-order valence-corrected chi connectivity index (χ4v) is 7.81. The average Bonchev–Trinajstić information content (AvgIpc) is 3.09. The smallest absolute Gasteiger partial charge is 0.00206 e. The standard InChI is InChI=1S/C44H26/c1-2-7-27(8-3-1)43-36(35-25-33-19-17-28-9-4-10-29-18-20-34(26-35)42(33)40(28)29)13-6-14-38(43)37-23-21-32-16-15-30-11-5-12-31-22-24-39(37)44(32)41(30)31/h1-26H. The molecule has 10 aromatic carbocycles. The Bertz CT molecular complexity index is 2620. The van der Waals surface area contributed by atoms with Crippen LogP contribution < -0.4 is 0 Å². The molecule has 0 aliphatic rings. The molecule has 0 heterocycles. The highest BCUT2D eigenvalue weighted by molar-refractivity contribution is 6.26. The van der Waals surface area contributed by atoms with Gasteiger partial charge in [-0.1, -0.05) is 146 Å². The largest absolute Gasteiger partial charge is 0.0622 e. The van der Waals surface area contributed by atoms with E-state index >= 15 is 0 Å². The van der Waals surface area contributed by atoms with Crippen molar-refractivity contribution in [3.63, 3.8) is 0 Å². The Labute approximate surface area is 255 Å². The third-order valence-corrected chi connectivity index (χ3v) is 9.72. The third-order valence-electron chi connectivity index (χ3n) is 9.72. The predicted octanol–water partition coefficient (Wildman–Crippen LogP) is 12.5. The van der Waals surface area contributed by atoms with Crippen LogP contribution in [0.15, 0.2) is 158 Å². The lowest BCUT2D eigenvalue weighted by atomic mass is 9.83. The van der Waals surface area contributed by atoms with Crippen molar-refractivity contribution >= 4 is 64.6 Å². The predicted molar refractivity (Wildman–Crippen MR) is 190 cm³/mol. The first-order chi connectivity index (χ1) is 21.8. The Kier molecular flexibility index (Phi) is 4.81. The fourth-order valence-electron chi connectivity index (χ4n) is 7.81. The van der Waals surface area contributed by atoms with E-state index in [2.05, 4.69) is 158 Å². The van der Waals surface area contributed by atoms with Crippen molar-refractivity contribution in [2.24, 2.45) is 0 Å². The molecule has 0 aliphatic carbocycles. The summed E-state index contributed by atoms with van der Waals surface area (Å²) >= 11 is 0. The lowest BCUT2D eigenvalue weighted by Gasteiger charge is -2.20. The first-order valence-electron chi connectivity index (χ1n) is 15.4. The van der Waals surface area contributed by atoms with Crippen LogP contribution in [0.5, 0.6) is 0 Å². The molecule has 0 amide bonds. The van der Waals surface area contributed by atoms with E-state index in [9.17, 15) is 0 Å². The van der Waals surface area contributed by atoms with Gasteiger partial charge in [0.1, 0.15) is 0 Å². The van der Waals surface area contributed by atoms with Crippen molar-refractivity contribution in [2.45, 2.75) is 0 Å². The van der Waals surface area contributed by atoms with Gasteiger partial charge in [-0.2, -0.15) is 0 Å². The zero-order valence-electron chi connectivity index (χ0n) is 24.0. The minimum absolute atomic E-state index is 1.23. The van der Waals surface area contributed by atoms with E-state index in [1.807, 2.05) is 0 Å². The molecule has 0 fully saturated rings. The highest BCUT2D eigenvalue weighted by atomic mass is 14.2. The van der Waals surface area contributed by atoms with Crippen molar-refractivity contribution in [3.05, 3.63) is 158 Å². The van der Waals surface area contributed by atoms with Crippen molar-refractivity contribution in [2.75, 3.05) is 0 Å². The summed E-state index contributed by atoms with van der Waals surface area (Å²) < 4.78 is 0. The van der Waals surface area contributed by atoms with E-state index in [4.69, 9.17) is 0 Å². The number of hydrogen-bond donors (Lipinski definition) is 0. The van der Waals surface area contributed by atoms with Gasteiger partial charge in [0.05, 0.1) is 0 Å². The maximum absolute atomic E-state index is 2.39. The Hall–Kier alpha value is -5.72. The van der Waals surface area contributed by atoms with E-state index in [1.54, 1.807) is 0 Å². The molecule has 0 N–H and O–H groups in total. The molecule has 10 rings (SSSR count). The van der Waals surface area contributed by atoms with Crippen molar-refractivity contribution in [3.8, 4) is 33.4 Å². The number of rotatable bonds is 3. The van der Waals surface area contributed by atoms with Crippen LogP contribution in [0.3, 0.4) is 0 Å². The normalized spacial score (nSPS) is 12.1. The van der Waals surface area contributed by atoms with Crippen molar-refractivity contribution in [1.29, 1.82) is 0 Å². The molecule has 0 spiro atoms. The summed E-state index contributed by atoms with van der Waals surface area (Å²) in [5, 5.41) is 15.8. The lowest BCUT2D eigenvalue weighted by Crippen LogP contribution is -1.93. The number of hydrogen-bond acceptors (Lipinski definition) is 0. The Morgan fingerprint density at radius 1 is 0.250 bits per heavy atom. The molecule has 0 saturated heterocycles. The summed E-state index contributed by atoms with van der Waals surface area (Å²) in [5.74, 6) is 0. The number of benzene rings is 10. The summed E-state index contributed by atoms with van der Waals surface area (Å²) in [7, 11) is 0. The van der Waals surface area contributed by atoms with Gasteiger partial charge >= 0.3 is 0 Å². The minimum atomic E-state index is 1.23. The van der Waals surface area contributed by atoms with Gasteiger partial charge in [0.2, 0.25) is 0 Å². The molecule has 0 saturated carbocycles. The van der Waals surface area contributed by atoms with Crippen LogP contribution in [0.25, 0.3) is 98.0 Å². The fraction of sp³-hybridized carbons (Fsp3) is 0. The van der Waals surface area contributed by atoms with Gasteiger partial charge in [0.15, 0.2) is 0 Å². The zero-order chi connectivity index (χ0) is 28.8. The average molecular weight is 555 g/mol. The monoisotopic (exact) mass is 554 g/mol. The molecule has 44 heavy (non-hydrogen) atoms. The van der Waals surface area contributed by atoms with Gasteiger partial charge in [-0.3, -0.25) is 0 Å². The van der Waals surface area contributed by atoms with Crippen LogP contribution in [0.1, 0.15) is 0 Å². The maximum Gasteiger partial charge on any atom is -0.00206 e. The van der Waals surface area contributed by atoms with Gasteiger partial charge < -0.3 is 0 Å². The summed E-state index contributed by atoms with van der Waals surface area (Å²) in [6.45, 7) is 0. The SMILES string of the molecule is c1ccc(-c2c(-c3cc4ccc5cccc6ccc(c3)c4c56)cccc2-c2ccc3ccc4cccc5ccc2c3c45)cc1. The third kappa shape index (κ3) is 3.28. The van der Waals surface area contributed by atoms with Crippen molar-refractivity contribution < 1.29 is 0 Å². The summed E-state index contributed by atoms with van der Waals surface area (Å²) in [6, 6.07) is 58.7. The molecule has 0 aliphatic heterocycles. The molecule has 0 atom stereocenters. The van der Waals surface area contributed by atoms with Gasteiger partial charge in [-0.05, 0) is 110 Å². The van der Waals surface area contributed by atoms with Crippen LogP contribution in [-0.2, 0) is 0 Å². The highest BCUT2D eigenvalue weighted by Gasteiger charge is 2.19. The molecular weight excluding hydrogens is 528 g/mol. The molecule has 10 aromatic rings. The molecule has 0 unspecified atom stereocenters. The second kappa shape index (κ2) is 8.89. The zero-order valence-corrected chi connectivity index (χ0v) is 24.0. The molecule has 0 bridgehead atoms. The van der Waals surface area contributed by atoms with E-state index in [1.165, 1.54) is 98.0 Å². The lowest BCUT2D eigenvalue weighted by molar-refractivity contribution is 1.58. The minimum Gasteiger partial charge on any atom is -0.0622 e. The molecule has 0 aromatic heterocycles. The first kappa shape index (κ1) is 23.8. The van der Waals surface area contributed by atoms with Crippen molar-refractivity contribution in [1.82, 2.24) is 0 Å². The molecule has 0 heteroatoms. The van der Waals surface area contributed by atoms with Gasteiger partial charge in [-0.15, -0.1) is 0 Å². The van der Waals surface area contributed by atoms with Crippen LogP contribution in [0.4, 0.5) is 0 Å². The molecular formula is C44H26. The molecule has 0 radical (unpaired) electrons. The van der Waals surface area contributed by atoms with Crippen LogP contribution in [0, 0.1) is 0 Å². The highest BCUT2D eigenvalue weighted by Crippen LogP contribution is 2.46. The second-order valence-corrected chi connectivity index (χ2v) is 12.1. The Balaban J connectivity index is 1.29. The van der Waals surface area contributed by atoms with Crippen LogP contribution >= 0.6 is 0 Å². The summed E-state index contributed by atoms with van der Waals surface area (Å²) in [4.78, 5) is 0. The molecule has 202 valence electrons. The molecule has 0 nitrogen and oxygen atoms in total. The van der Waals surface area contributed by atoms with E-state index in [0.717, 1.165) is 0 Å². The van der Waals surface area contributed by atoms with Gasteiger partial charge in [0, 0.05) is 0 Å². The van der Waals surface area contributed by atoms with E-state index in [0.29, 0.717) is 0 Å². The summed E-state index contributed by atoms with van der Waals surface area (Å²) in [6.07, 6.45) is 0. The van der Waals surface area contributed by atoms with Crippen LogP contribution in [0.2, 0.25) is 0 Å². The van der Waals surface area contributed by atoms with Gasteiger partial charge in [-0.25, -0.2) is 0 Å². The summed E-state index contributed by atoms with van der Waals surface area (Å²) in [5.41, 5.74) is 7.54. The van der Waals surface area contributed by atoms with Gasteiger partial charge in [0.25, 0.3) is 0 Å².